The van der Waals surface area contributed by atoms with Gasteiger partial charge in [0.2, 0.25) is 0 Å². The highest BCUT2D eigenvalue weighted by Gasteiger charge is 2.19. The van der Waals surface area contributed by atoms with Crippen LogP contribution in [0, 0.1) is 5.92 Å². The van der Waals surface area contributed by atoms with E-state index in [2.05, 4.69) is 5.32 Å². The number of ether oxygens (including phenoxy) is 1. The lowest BCUT2D eigenvalue weighted by Crippen LogP contribution is -2.20. The minimum atomic E-state index is -0.395. The zero-order valence-corrected chi connectivity index (χ0v) is 13.7. The lowest BCUT2D eigenvalue weighted by Gasteiger charge is -2.23. The normalized spacial score (nSPS) is 15.7. The van der Waals surface area contributed by atoms with Gasteiger partial charge in [-0.25, -0.2) is 4.79 Å². The molecule has 1 aromatic carbocycles. The molecule has 1 aliphatic rings. The molecule has 0 aromatic heterocycles. The molecule has 21 heavy (non-hydrogen) atoms. The summed E-state index contributed by atoms with van der Waals surface area (Å²) in [5.74, 6) is 2.63. The van der Waals surface area contributed by atoms with E-state index in [0.717, 1.165) is 6.54 Å². The highest BCUT2D eigenvalue weighted by Crippen LogP contribution is 2.31. The van der Waals surface area contributed by atoms with E-state index in [1.54, 1.807) is 19.1 Å². The van der Waals surface area contributed by atoms with Crippen LogP contribution < -0.4 is 11.1 Å². The van der Waals surface area contributed by atoms with Gasteiger partial charge in [-0.15, -0.1) is 0 Å². The molecule has 6 heteroatoms. The Morgan fingerprint density at radius 1 is 1.48 bits per heavy atom. The van der Waals surface area contributed by atoms with Crippen LogP contribution in [0.15, 0.2) is 12.1 Å². The Morgan fingerprint density at radius 2 is 2.19 bits per heavy atom. The van der Waals surface area contributed by atoms with Gasteiger partial charge in [-0.1, -0.05) is 11.6 Å². The lowest BCUT2D eigenvalue weighted by molar-refractivity contribution is 0.0527. The molecule has 1 heterocycles. The van der Waals surface area contributed by atoms with Gasteiger partial charge in [0.1, 0.15) is 0 Å². The monoisotopic (exact) mass is 328 g/mol. The van der Waals surface area contributed by atoms with Crippen molar-refractivity contribution in [1.29, 1.82) is 0 Å². The van der Waals surface area contributed by atoms with Crippen molar-refractivity contribution in [2.24, 2.45) is 5.92 Å². The second-order valence-corrected chi connectivity index (χ2v) is 6.71. The molecule has 0 atom stereocenters. The first-order valence-corrected chi connectivity index (χ1v) is 8.72. The van der Waals surface area contributed by atoms with E-state index in [9.17, 15) is 4.79 Å². The Kier molecular flexibility index (Phi) is 6.06. The topological polar surface area (TPSA) is 64.3 Å². The van der Waals surface area contributed by atoms with E-state index in [-0.39, 0.29) is 0 Å². The lowest BCUT2D eigenvalue weighted by atomic mass is 10.0. The SMILES string of the molecule is CCOC(=O)c1cc(N)cc(Cl)c1NCC1CCSCC1. The largest absolute Gasteiger partial charge is 0.462 e. The summed E-state index contributed by atoms with van der Waals surface area (Å²) in [6.07, 6.45) is 2.39. The number of rotatable bonds is 5. The second-order valence-electron chi connectivity index (χ2n) is 5.08. The van der Waals surface area contributed by atoms with Gasteiger partial charge in [0, 0.05) is 12.2 Å². The van der Waals surface area contributed by atoms with Crippen LogP contribution in [0.1, 0.15) is 30.1 Å². The quantitative estimate of drug-likeness (QED) is 0.638. The van der Waals surface area contributed by atoms with Crippen LogP contribution >= 0.6 is 23.4 Å². The first-order chi connectivity index (χ1) is 10.1. The third-order valence-corrected chi connectivity index (χ3v) is 4.86. The Hall–Kier alpha value is -1.07. The fourth-order valence-electron chi connectivity index (χ4n) is 2.37. The van der Waals surface area contributed by atoms with Crippen molar-refractivity contribution in [2.75, 3.05) is 35.7 Å². The molecule has 2 rings (SSSR count). The average Bonchev–Trinajstić information content (AvgIpc) is 2.47. The van der Waals surface area contributed by atoms with Gasteiger partial charge in [-0.05, 0) is 49.3 Å². The predicted octanol–water partition coefficient (Wildman–Crippen LogP) is 3.65. The fraction of sp³-hybridized carbons (Fsp3) is 0.533. The molecular formula is C15H21ClN2O2S. The Labute approximate surface area is 134 Å². The molecule has 4 nitrogen and oxygen atoms in total. The molecule has 0 aliphatic carbocycles. The first-order valence-electron chi connectivity index (χ1n) is 7.19. The summed E-state index contributed by atoms with van der Waals surface area (Å²) in [5, 5.41) is 3.78. The van der Waals surface area contributed by atoms with Crippen molar-refractivity contribution in [2.45, 2.75) is 19.8 Å². The van der Waals surface area contributed by atoms with E-state index < -0.39 is 5.97 Å². The van der Waals surface area contributed by atoms with Crippen molar-refractivity contribution in [3.05, 3.63) is 22.7 Å². The average molecular weight is 329 g/mol. The van der Waals surface area contributed by atoms with E-state index in [1.807, 2.05) is 11.8 Å². The summed E-state index contributed by atoms with van der Waals surface area (Å²) in [7, 11) is 0. The number of nitrogens with two attached hydrogens (primary N) is 1. The second kappa shape index (κ2) is 7.80. The molecule has 3 N–H and O–H groups in total. The molecule has 1 aromatic rings. The van der Waals surface area contributed by atoms with E-state index in [1.165, 1.54) is 24.3 Å². The van der Waals surface area contributed by atoms with Crippen molar-refractivity contribution in [3.63, 3.8) is 0 Å². The molecule has 1 fully saturated rings. The number of nitrogens with one attached hydrogen (secondary N) is 1. The molecule has 0 radical (unpaired) electrons. The highest BCUT2D eigenvalue weighted by atomic mass is 35.5. The van der Waals surface area contributed by atoms with Crippen LogP contribution in [0.5, 0.6) is 0 Å². The fourth-order valence-corrected chi connectivity index (χ4v) is 3.87. The third kappa shape index (κ3) is 4.45. The molecule has 116 valence electrons. The molecule has 0 amide bonds. The summed E-state index contributed by atoms with van der Waals surface area (Å²) in [5.41, 5.74) is 7.28. The van der Waals surface area contributed by atoms with Crippen LogP contribution in [0.4, 0.5) is 11.4 Å². The van der Waals surface area contributed by atoms with Crippen LogP contribution in [0.25, 0.3) is 0 Å². The van der Waals surface area contributed by atoms with Gasteiger partial charge >= 0.3 is 5.97 Å². The zero-order valence-electron chi connectivity index (χ0n) is 12.2. The number of benzene rings is 1. The van der Waals surface area contributed by atoms with Gasteiger partial charge in [0.25, 0.3) is 0 Å². The Morgan fingerprint density at radius 3 is 2.86 bits per heavy atom. The van der Waals surface area contributed by atoms with Gasteiger partial charge in [-0.2, -0.15) is 11.8 Å². The smallest absolute Gasteiger partial charge is 0.340 e. The van der Waals surface area contributed by atoms with E-state index >= 15 is 0 Å². The number of anilines is 2. The standard InChI is InChI=1S/C15H21ClN2O2S/c1-2-20-15(19)12-7-11(17)8-13(16)14(12)18-9-10-3-5-21-6-4-10/h7-8,10,18H,2-6,9,17H2,1H3. The molecule has 0 unspecified atom stereocenters. The Bertz CT molecular complexity index is 505. The van der Waals surface area contributed by atoms with Crippen LogP contribution in [-0.4, -0.2) is 30.6 Å². The summed E-state index contributed by atoms with van der Waals surface area (Å²) < 4.78 is 5.07. The number of esters is 1. The van der Waals surface area contributed by atoms with Gasteiger partial charge < -0.3 is 15.8 Å². The number of thioether (sulfide) groups is 1. The van der Waals surface area contributed by atoms with Gasteiger partial charge in [0.05, 0.1) is 22.9 Å². The van der Waals surface area contributed by atoms with E-state index in [4.69, 9.17) is 22.1 Å². The van der Waals surface area contributed by atoms with Gasteiger partial charge in [-0.3, -0.25) is 0 Å². The Balaban J connectivity index is 2.14. The van der Waals surface area contributed by atoms with Crippen molar-refractivity contribution in [3.8, 4) is 0 Å². The van der Waals surface area contributed by atoms with Crippen molar-refractivity contribution in [1.82, 2.24) is 0 Å². The summed E-state index contributed by atoms with van der Waals surface area (Å²) in [6.45, 7) is 2.92. The minimum Gasteiger partial charge on any atom is -0.462 e. The van der Waals surface area contributed by atoms with Crippen LogP contribution in [0.2, 0.25) is 5.02 Å². The van der Waals surface area contributed by atoms with E-state index in [0.29, 0.717) is 34.5 Å². The molecule has 1 saturated heterocycles. The van der Waals surface area contributed by atoms with Crippen molar-refractivity contribution < 1.29 is 9.53 Å². The molecule has 0 saturated carbocycles. The molecule has 0 bridgehead atoms. The van der Waals surface area contributed by atoms with Crippen LogP contribution in [0.3, 0.4) is 0 Å². The first kappa shape index (κ1) is 16.3. The van der Waals surface area contributed by atoms with Gasteiger partial charge in [0.15, 0.2) is 0 Å². The summed E-state index contributed by atoms with van der Waals surface area (Å²) >= 11 is 8.24. The number of carbonyl (C=O) groups excluding carboxylic acids is 1. The zero-order chi connectivity index (χ0) is 15.2. The maximum Gasteiger partial charge on any atom is 0.340 e. The summed E-state index contributed by atoms with van der Waals surface area (Å²) in [6, 6.07) is 3.27. The molecule has 0 spiro atoms. The number of nitrogen functional groups attached to an aromatic ring is 1. The van der Waals surface area contributed by atoms with Crippen molar-refractivity contribution >= 4 is 40.7 Å². The predicted molar refractivity (Wildman–Crippen MR) is 90.4 cm³/mol. The van der Waals surface area contributed by atoms with Crippen LogP contribution in [-0.2, 0) is 4.74 Å². The number of hydrogen-bond donors (Lipinski definition) is 2. The highest BCUT2D eigenvalue weighted by molar-refractivity contribution is 7.99. The maximum absolute atomic E-state index is 12.0. The summed E-state index contributed by atoms with van der Waals surface area (Å²) in [4.78, 5) is 12.0. The number of carbonyl (C=O) groups is 1. The maximum atomic E-state index is 12.0. The number of halogens is 1. The third-order valence-electron chi connectivity index (χ3n) is 3.52. The molecule has 1 aliphatic heterocycles. The molecular weight excluding hydrogens is 308 g/mol. The minimum absolute atomic E-state index is 0.324. The number of hydrogen-bond acceptors (Lipinski definition) is 5.